The van der Waals surface area contributed by atoms with Gasteiger partial charge in [0, 0.05) is 81.0 Å². The van der Waals surface area contributed by atoms with Crippen molar-refractivity contribution in [3.63, 3.8) is 0 Å². The van der Waals surface area contributed by atoms with Gasteiger partial charge in [-0.05, 0) is 191 Å². The normalized spacial score (nSPS) is 12.1. The minimum Gasteiger partial charge on any atom is -0.301 e. The third-order valence-electron chi connectivity index (χ3n) is 18.8. The summed E-state index contributed by atoms with van der Waals surface area (Å²) in [7, 11) is 0. The first-order chi connectivity index (χ1) is 52.5. The first kappa shape index (κ1) is 69.8. The molecule has 0 fully saturated rings. The summed E-state index contributed by atoms with van der Waals surface area (Å²) < 4.78 is 9.11. The molecule has 0 unspecified atom stereocenters. The third kappa shape index (κ3) is 14.3. The van der Waals surface area contributed by atoms with Crippen molar-refractivity contribution in [2.45, 2.75) is 12.8 Å². The minimum absolute atomic E-state index is 0.0334. The smallest absolute Gasteiger partial charge is 0.197 e. The number of hydrogen-bond donors (Lipinski definition) is 0. The highest BCUT2D eigenvalue weighted by Gasteiger charge is 2.34. The van der Waals surface area contributed by atoms with E-state index in [1.165, 1.54) is 60.2 Å². The van der Waals surface area contributed by atoms with Crippen molar-refractivity contribution in [3.05, 3.63) is 389 Å². The Kier molecular flexibility index (Phi) is 20.4. The number of nitrogens with zero attached hydrogens (tertiary/aromatic N) is 3. The lowest BCUT2D eigenvalue weighted by atomic mass is 10.0. The van der Waals surface area contributed by atoms with Crippen LogP contribution in [0.3, 0.4) is 0 Å². The van der Waals surface area contributed by atoms with Crippen molar-refractivity contribution in [2.75, 3.05) is 0 Å². The second-order valence-electron chi connectivity index (χ2n) is 25.5. The molecule has 14 heteroatoms. The van der Waals surface area contributed by atoms with Gasteiger partial charge in [0.1, 0.15) is 14.5 Å². The van der Waals surface area contributed by atoms with Crippen molar-refractivity contribution in [2.24, 2.45) is 0 Å². The van der Waals surface area contributed by atoms with Gasteiger partial charge in [-0.1, -0.05) is 218 Å². The number of para-hydroxylation sites is 6. The molecule has 0 saturated heterocycles. The highest BCUT2D eigenvalue weighted by atomic mass is 79.9. The molecule has 8 nitrogen and oxygen atoms in total. The summed E-state index contributed by atoms with van der Waals surface area (Å²) in [6.45, 7) is 0. The summed E-state index contributed by atoms with van der Waals surface area (Å²) in [5, 5.41) is 15.4. The molecule has 19 aromatic rings. The van der Waals surface area contributed by atoms with Gasteiger partial charge in [-0.15, -0.1) is 45.3 Å². The summed E-state index contributed by atoms with van der Waals surface area (Å²) in [6.07, 6.45) is 3.76. The van der Waals surface area contributed by atoms with E-state index in [9.17, 15) is 24.0 Å². The fraction of sp³-hybridized carbons (Fsp3) is 0.0215. The summed E-state index contributed by atoms with van der Waals surface area (Å²) in [4.78, 5) is 65.7. The Morgan fingerprint density at radius 3 is 1.09 bits per heavy atom. The molecule has 12 aromatic carbocycles. The number of halogens is 2. The van der Waals surface area contributed by atoms with Gasteiger partial charge in [-0.25, -0.2) is 0 Å². The van der Waals surface area contributed by atoms with Gasteiger partial charge in [0.2, 0.25) is 0 Å². The van der Waals surface area contributed by atoms with E-state index in [4.69, 9.17) is 0 Å². The Hall–Kier alpha value is -11.6. The molecule has 0 amide bonds. The number of carbonyl (C=O) groups excluding carboxylic acids is 5. The van der Waals surface area contributed by atoms with Gasteiger partial charge >= 0.3 is 0 Å². The average Bonchev–Trinajstić information content (AvgIpc) is 1.60. The summed E-state index contributed by atoms with van der Waals surface area (Å²) in [5.41, 5.74) is 12.2. The number of fused-ring (bicyclic) bond motifs is 13. The Balaban J connectivity index is 0.000000104. The Bertz CT molecular complexity index is 6420. The highest BCUT2D eigenvalue weighted by Crippen LogP contribution is 2.42. The predicted molar refractivity (Wildman–Crippen MR) is 455 cm³/mol. The molecule has 0 spiro atoms. The fourth-order valence-corrected chi connectivity index (χ4v) is 18.5. The number of Topliss-reactive ketones (excluding diaryl/α,β-unsaturated/α-hetero) is 4. The van der Waals surface area contributed by atoms with E-state index < -0.39 is 0 Å². The van der Waals surface area contributed by atoms with Crippen LogP contribution < -0.4 is 0 Å². The number of allylic oxidation sites excluding steroid dienone is 1. The van der Waals surface area contributed by atoms with E-state index in [0.717, 1.165) is 95.0 Å². The molecular formula is C93H61Br2N3O5S4. The molecule has 2 aliphatic carbocycles. The summed E-state index contributed by atoms with van der Waals surface area (Å²) in [5.74, 6) is -0.499. The van der Waals surface area contributed by atoms with E-state index >= 15 is 0 Å². The van der Waals surface area contributed by atoms with Crippen LogP contribution in [0.4, 0.5) is 0 Å². The van der Waals surface area contributed by atoms with Crippen LogP contribution in [0.5, 0.6) is 0 Å². The third-order valence-corrected chi connectivity index (χ3v) is 25.0. The van der Waals surface area contributed by atoms with Crippen LogP contribution in [0.1, 0.15) is 73.5 Å². The molecule has 516 valence electrons. The van der Waals surface area contributed by atoms with E-state index in [1.54, 1.807) is 40.1 Å². The number of hydrogen-bond acceptors (Lipinski definition) is 9. The van der Waals surface area contributed by atoms with E-state index in [0.29, 0.717) is 22.3 Å². The van der Waals surface area contributed by atoms with Crippen LogP contribution in [0.25, 0.3) is 108 Å². The molecule has 0 bridgehead atoms. The number of aldehydes is 1. The van der Waals surface area contributed by atoms with Crippen molar-refractivity contribution in [1.82, 2.24) is 13.7 Å². The number of ketones is 4. The standard InChI is InChI=1S/C30H17NO2S.C17H11NOS.C16H11NS.C13H8O2.C13H12.C4H2Br2S/c32-28-23-14-18-8-4-5-9-19(18)15-24(23)29(33)26(28)17-21-16-25-22-12-6-7-13-27(22)31(30(25)34-21)20-10-2-1-3-11-20;19-11-13-10-15-14-8-4-5-9-16(14)18(17(15)20-13)12-6-2-1-3-7-12;1-2-6-12(7-3-1)17-15-9-5-4-8-13(15)14-10-11-18-16(14)17;14-12-7-13(15)11-6-9-4-2-1-3-8(9)5-10(11)12;1-3-7-12(8-4-1)11-13-9-5-2-6-10-13;5-3-1-2-7-4(3)6/h1-17H;1-11H;1-11H;1-6H,7H2;1-10H,11H2;1-2H. The van der Waals surface area contributed by atoms with Crippen molar-refractivity contribution < 1.29 is 24.0 Å². The maximum Gasteiger partial charge on any atom is 0.197 e. The topological polar surface area (TPSA) is 100 Å². The maximum atomic E-state index is 13.2. The number of benzene rings is 12. The molecule has 2 aliphatic rings. The molecule has 7 aromatic heterocycles. The SMILES string of the molecule is Brc1ccsc1Br.O=C1C(=Cc2cc3c4ccccc4n(-c4ccccc4)c3s2)C(=O)c2cc3ccccc3cc21.O=C1CC(=O)c2cc3ccccc3cc21.O=Cc1cc2c3ccccc3n(-c3ccccc3)c2s1.c1ccc(-n2c3ccccc3c3ccsc32)cc1.c1ccc(Cc2ccccc2)cc1. The second kappa shape index (κ2) is 31.2. The quantitative estimate of drug-likeness (QED) is 0.0685. The number of thiophene rings is 4. The zero-order valence-corrected chi connectivity index (χ0v) is 63.5. The zero-order chi connectivity index (χ0) is 72.9. The molecule has 0 radical (unpaired) electrons. The molecule has 0 aliphatic heterocycles. The number of aromatic nitrogens is 3. The number of rotatable bonds is 7. The molecular weight excluding hydrogens is 1530 g/mol. The van der Waals surface area contributed by atoms with Crippen LogP contribution in [-0.4, -0.2) is 43.1 Å². The molecule has 0 N–H and O–H groups in total. The van der Waals surface area contributed by atoms with Crippen LogP contribution in [0.15, 0.2) is 346 Å². The lowest BCUT2D eigenvalue weighted by Gasteiger charge is -2.06. The Labute approximate surface area is 648 Å². The van der Waals surface area contributed by atoms with Gasteiger partial charge in [-0.3, -0.25) is 24.0 Å². The van der Waals surface area contributed by atoms with Gasteiger partial charge in [-0.2, -0.15) is 0 Å². The molecule has 0 saturated carbocycles. The highest BCUT2D eigenvalue weighted by molar-refractivity contribution is 9.13. The van der Waals surface area contributed by atoms with Crippen molar-refractivity contribution in [3.8, 4) is 17.1 Å². The average molecular weight is 1590 g/mol. The van der Waals surface area contributed by atoms with Crippen LogP contribution in [-0.2, 0) is 6.42 Å². The first-order valence-corrected chi connectivity index (χ1v) is 39.5. The lowest BCUT2D eigenvalue weighted by molar-refractivity contribution is 0.0919. The van der Waals surface area contributed by atoms with Crippen LogP contribution in [0, 0.1) is 0 Å². The largest absolute Gasteiger partial charge is 0.301 e. The van der Waals surface area contributed by atoms with Crippen LogP contribution in [0.2, 0.25) is 0 Å². The molecule has 0 atom stereocenters. The van der Waals surface area contributed by atoms with Crippen molar-refractivity contribution in [1.29, 1.82) is 0 Å². The zero-order valence-electron chi connectivity index (χ0n) is 57.1. The fourth-order valence-electron chi connectivity index (χ4n) is 13.9. The minimum atomic E-state index is -0.195. The van der Waals surface area contributed by atoms with E-state index in [1.807, 2.05) is 151 Å². The van der Waals surface area contributed by atoms with Gasteiger partial charge in [0.25, 0.3) is 0 Å². The van der Waals surface area contributed by atoms with E-state index in [-0.39, 0.29) is 35.1 Å². The predicted octanol–water partition coefficient (Wildman–Crippen LogP) is 26.1. The first-order valence-electron chi connectivity index (χ1n) is 34.6. The maximum absolute atomic E-state index is 13.2. The summed E-state index contributed by atoms with van der Waals surface area (Å²) in [6, 6.07) is 109. The molecule has 7 heterocycles. The molecule has 107 heavy (non-hydrogen) atoms. The Morgan fingerprint density at radius 1 is 0.336 bits per heavy atom. The Morgan fingerprint density at radius 2 is 0.692 bits per heavy atom. The van der Waals surface area contributed by atoms with Gasteiger partial charge in [0.05, 0.1) is 37.2 Å². The van der Waals surface area contributed by atoms with Gasteiger partial charge < -0.3 is 13.7 Å². The molecule has 21 rings (SSSR count). The van der Waals surface area contributed by atoms with Crippen LogP contribution >= 0.6 is 77.2 Å². The van der Waals surface area contributed by atoms with E-state index in [2.05, 4.69) is 227 Å². The lowest BCUT2D eigenvalue weighted by Crippen LogP contribution is -1.99. The summed E-state index contributed by atoms with van der Waals surface area (Å²) >= 11 is 13.3. The monoisotopic (exact) mass is 1590 g/mol. The van der Waals surface area contributed by atoms with Gasteiger partial charge in [0.15, 0.2) is 29.4 Å². The second-order valence-corrected chi connectivity index (χ2v) is 31.6. The van der Waals surface area contributed by atoms with Crippen molar-refractivity contribution >= 4 is 198 Å². The number of carbonyl (C=O) groups is 5.